The molecule has 9 heteroatoms. The molecule has 1 saturated carbocycles. The van der Waals surface area contributed by atoms with Crippen LogP contribution in [0.1, 0.15) is 57.8 Å². The molecule has 0 unspecified atom stereocenters. The van der Waals surface area contributed by atoms with Crippen molar-refractivity contribution >= 4 is 23.6 Å². The van der Waals surface area contributed by atoms with Gasteiger partial charge in [0.05, 0.1) is 18.8 Å². The summed E-state index contributed by atoms with van der Waals surface area (Å²) < 4.78 is 0. The minimum absolute atomic E-state index is 0.0204. The normalized spacial score (nSPS) is 27.9. The van der Waals surface area contributed by atoms with E-state index in [1.807, 2.05) is 0 Å². The fourth-order valence-electron chi connectivity index (χ4n) is 4.92. The van der Waals surface area contributed by atoms with Crippen LogP contribution >= 0.6 is 0 Å². The molecule has 4 amide bonds. The lowest BCUT2D eigenvalue weighted by Crippen LogP contribution is -2.38. The van der Waals surface area contributed by atoms with E-state index in [0.717, 1.165) is 38.5 Å². The number of hydrogen-bond donors (Lipinski definition) is 3. The number of likely N-dealkylation sites (tertiary alicyclic amines) is 1. The van der Waals surface area contributed by atoms with Crippen molar-refractivity contribution in [3.05, 3.63) is 12.2 Å². The second kappa shape index (κ2) is 11.6. The molecule has 2 heterocycles. The van der Waals surface area contributed by atoms with Gasteiger partial charge in [0, 0.05) is 44.1 Å². The van der Waals surface area contributed by atoms with E-state index in [0.29, 0.717) is 38.9 Å². The average molecular weight is 450 g/mol. The molecule has 0 bridgehead atoms. The largest absolute Gasteiger partial charge is 0.394 e. The van der Waals surface area contributed by atoms with Gasteiger partial charge in [-0.25, -0.2) is 0 Å². The molecule has 1 aliphatic carbocycles. The minimum Gasteiger partial charge on any atom is -0.394 e. The van der Waals surface area contributed by atoms with Crippen LogP contribution < -0.4 is 5.32 Å². The number of nitrogens with zero attached hydrogens (tertiary/aromatic N) is 2. The number of carbonyl (C=O) groups is 4. The predicted molar refractivity (Wildman–Crippen MR) is 116 cm³/mol. The van der Waals surface area contributed by atoms with E-state index in [-0.39, 0.29) is 48.1 Å². The van der Waals surface area contributed by atoms with Crippen LogP contribution in [0.2, 0.25) is 0 Å². The Kier molecular flexibility index (Phi) is 8.81. The third kappa shape index (κ3) is 6.38. The van der Waals surface area contributed by atoms with Crippen LogP contribution in [0.3, 0.4) is 0 Å². The van der Waals surface area contributed by atoms with Gasteiger partial charge in [0.2, 0.25) is 11.8 Å². The Bertz CT molecular complexity index is 713. The highest BCUT2D eigenvalue weighted by atomic mass is 16.3. The summed E-state index contributed by atoms with van der Waals surface area (Å²) in [5, 5.41) is 22.0. The first kappa shape index (κ1) is 24.4. The number of aliphatic hydroxyl groups excluding tert-OH is 2. The highest BCUT2D eigenvalue weighted by Gasteiger charge is 2.33. The fourth-order valence-corrected chi connectivity index (χ4v) is 4.92. The van der Waals surface area contributed by atoms with Crippen molar-refractivity contribution in [2.45, 2.75) is 69.9 Å². The van der Waals surface area contributed by atoms with Gasteiger partial charge in [-0.3, -0.25) is 24.1 Å². The molecule has 0 radical (unpaired) electrons. The van der Waals surface area contributed by atoms with Crippen molar-refractivity contribution in [1.82, 2.24) is 15.1 Å². The van der Waals surface area contributed by atoms with Crippen molar-refractivity contribution in [2.75, 3.05) is 26.2 Å². The number of hydrogen-bond acceptors (Lipinski definition) is 6. The minimum atomic E-state index is -0.552. The second-order valence-corrected chi connectivity index (χ2v) is 9.21. The van der Waals surface area contributed by atoms with E-state index in [4.69, 9.17) is 0 Å². The molecule has 2 aliphatic heterocycles. The lowest BCUT2D eigenvalue weighted by atomic mass is 9.81. The molecule has 3 aliphatic rings. The Balaban J connectivity index is 1.24. The standard InChI is InChI=1S/C23H35N3O6/c27-15-18-12-19(28)14-25(18)20(29)4-2-1-3-11-24-23(32)17-7-5-16(6-8-17)13-26-21(30)9-10-22(26)31/h9-10,16-19,27-28H,1-8,11-15H2,(H,24,32)/t16?,17?,18-,19+/m0/s1. The monoisotopic (exact) mass is 449 g/mol. The molecule has 3 N–H and O–H groups in total. The zero-order chi connectivity index (χ0) is 23.1. The molecular formula is C23H35N3O6. The van der Waals surface area contributed by atoms with Crippen LogP contribution in [0.15, 0.2) is 12.2 Å². The van der Waals surface area contributed by atoms with Crippen LogP contribution in [-0.2, 0) is 19.2 Å². The molecule has 0 aromatic carbocycles. The van der Waals surface area contributed by atoms with Crippen LogP contribution in [0.5, 0.6) is 0 Å². The molecular weight excluding hydrogens is 414 g/mol. The van der Waals surface area contributed by atoms with Crippen molar-refractivity contribution in [1.29, 1.82) is 0 Å². The lowest BCUT2D eigenvalue weighted by Gasteiger charge is -2.30. The summed E-state index contributed by atoms with van der Waals surface area (Å²) in [5.74, 6) is -0.231. The zero-order valence-electron chi connectivity index (χ0n) is 18.6. The Labute approximate surface area is 188 Å². The highest BCUT2D eigenvalue weighted by Crippen LogP contribution is 2.30. The average Bonchev–Trinajstić information content (AvgIpc) is 3.32. The first-order valence-corrected chi connectivity index (χ1v) is 11.8. The lowest BCUT2D eigenvalue weighted by molar-refractivity contribution is -0.138. The number of imide groups is 1. The van der Waals surface area contributed by atoms with E-state index in [1.165, 1.54) is 17.1 Å². The molecule has 0 aromatic heterocycles. The van der Waals surface area contributed by atoms with Crippen LogP contribution in [0.25, 0.3) is 0 Å². The molecule has 2 fully saturated rings. The number of aliphatic hydroxyl groups is 2. The number of nitrogens with one attached hydrogen (secondary N) is 1. The quantitative estimate of drug-likeness (QED) is 0.326. The maximum Gasteiger partial charge on any atom is 0.253 e. The van der Waals surface area contributed by atoms with E-state index < -0.39 is 6.10 Å². The summed E-state index contributed by atoms with van der Waals surface area (Å²) in [7, 11) is 0. The van der Waals surface area contributed by atoms with Crippen LogP contribution in [0, 0.1) is 11.8 Å². The number of amides is 4. The number of β-amino-alcohol motifs (C(OH)–C–C–N with tert-alkyl or cyclic N) is 1. The number of carbonyl (C=O) groups excluding carboxylic acids is 4. The predicted octanol–water partition coefficient (Wildman–Crippen LogP) is 0.349. The molecule has 3 rings (SSSR count). The van der Waals surface area contributed by atoms with Gasteiger partial charge < -0.3 is 20.4 Å². The highest BCUT2D eigenvalue weighted by molar-refractivity contribution is 6.12. The van der Waals surface area contributed by atoms with Gasteiger partial charge in [0.15, 0.2) is 0 Å². The SMILES string of the molecule is O=C(NCCCCCC(=O)N1C[C@H](O)C[C@H]1CO)C1CCC(CN2C(=O)C=CC2=O)CC1. The molecule has 0 aromatic rings. The van der Waals surface area contributed by atoms with Gasteiger partial charge in [0.25, 0.3) is 11.8 Å². The molecule has 32 heavy (non-hydrogen) atoms. The topological polar surface area (TPSA) is 127 Å². The van der Waals surface area contributed by atoms with E-state index in [9.17, 15) is 29.4 Å². The summed E-state index contributed by atoms with van der Waals surface area (Å²) in [6.45, 7) is 1.19. The summed E-state index contributed by atoms with van der Waals surface area (Å²) in [5.41, 5.74) is 0. The Morgan fingerprint density at radius 2 is 1.72 bits per heavy atom. The molecule has 1 saturated heterocycles. The number of unbranched alkanes of at least 4 members (excludes halogenated alkanes) is 2. The van der Waals surface area contributed by atoms with Crippen molar-refractivity contribution in [3.63, 3.8) is 0 Å². The third-order valence-corrected chi connectivity index (χ3v) is 6.85. The second-order valence-electron chi connectivity index (χ2n) is 9.21. The van der Waals surface area contributed by atoms with Gasteiger partial charge in [-0.15, -0.1) is 0 Å². The Morgan fingerprint density at radius 1 is 1.03 bits per heavy atom. The van der Waals surface area contributed by atoms with Gasteiger partial charge in [-0.1, -0.05) is 6.42 Å². The van der Waals surface area contributed by atoms with Crippen molar-refractivity contribution in [2.24, 2.45) is 11.8 Å². The van der Waals surface area contributed by atoms with Crippen LogP contribution in [-0.4, -0.2) is 82.0 Å². The molecule has 178 valence electrons. The van der Waals surface area contributed by atoms with Gasteiger partial charge in [-0.2, -0.15) is 0 Å². The van der Waals surface area contributed by atoms with Crippen molar-refractivity contribution < 1.29 is 29.4 Å². The summed E-state index contributed by atoms with van der Waals surface area (Å²) in [6.07, 6.45) is 8.41. The van der Waals surface area contributed by atoms with Gasteiger partial charge >= 0.3 is 0 Å². The number of rotatable bonds is 10. The van der Waals surface area contributed by atoms with E-state index in [2.05, 4.69) is 5.32 Å². The van der Waals surface area contributed by atoms with E-state index in [1.54, 1.807) is 4.90 Å². The third-order valence-electron chi connectivity index (χ3n) is 6.85. The molecule has 0 spiro atoms. The summed E-state index contributed by atoms with van der Waals surface area (Å²) >= 11 is 0. The molecule has 9 nitrogen and oxygen atoms in total. The summed E-state index contributed by atoms with van der Waals surface area (Å²) in [6, 6.07) is -0.278. The Hall–Kier alpha value is -2.26. The van der Waals surface area contributed by atoms with Gasteiger partial charge in [-0.05, 0) is 50.9 Å². The smallest absolute Gasteiger partial charge is 0.253 e. The van der Waals surface area contributed by atoms with Crippen molar-refractivity contribution in [3.8, 4) is 0 Å². The maximum absolute atomic E-state index is 12.4. The maximum atomic E-state index is 12.4. The molecule has 2 atom stereocenters. The Morgan fingerprint density at radius 3 is 2.38 bits per heavy atom. The van der Waals surface area contributed by atoms with Gasteiger partial charge in [0.1, 0.15) is 0 Å². The first-order valence-electron chi connectivity index (χ1n) is 11.8. The van der Waals surface area contributed by atoms with Crippen LogP contribution in [0.4, 0.5) is 0 Å². The summed E-state index contributed by atoms with van der Waals surface area (Å²) in [4.78, 5) is 50.9. The van der Waals surface area contributed by atoms with E-state index >= 15 is 0 Å². The fraction of sp³-hybridized carbons (Fsp3) is 0.739. The zero-order valence-corrected chi connectivity index (χ0v) is 18.6. The first-order chi connectivity index (χ1) is 15.4.